The Morgan fingerprint density at radius 1 is 1.05 bits per heavy atom. The Hall–Kier alpha value is -4.34. The van der Waals surface area contributed by atoms with Gasteiger partial charge in [0.1, 0.15) is 17.5 Å². The lowest BCUT2D eigenvalue weighted by Gasteiger charge is -2.23. The Kier molecular flexibility index (Phi) is 7.04. The van der Waals surface area contributed by atoms with Crippen LogP contribution < -0.4 is 9.47 Å². The highest BCUT2D eigenvalue weighted by atomic mass is 19.4. The van der Waals surface area contributed by atoms with Crippen molar-refractivity contribution >= 4 is 5.91 Å². The average Bonchev–Trinajstić information content (AvgIpc) is 3.58. The van der Waals surface area contributed by atoms with E-state index >= 15 is 0 Å². The molecule has 0 bridgehead atoms. The SMILES string of the molecule is CCOc1ccc(-c2ccccc2)c(C(=O)N2CCCC2c2nc(-c3ccccc3OC(F)(F)F)no2)c1. The molecular formula is C28H24F3N3O4. The third-order valence-corrected chi connectivity index (χ3v) is 6.21. The van der Waals surface area contributed by atoms with E-state index in [2.05, 4.69) is 14.9 Å². The number of aromatic nitrogens is 2. The number of carbonyl (C=O) groups is 1. The van der Waals surface area contributed by atoms with Gasteiger partial charge in [-0.25, -0.2) is 0 Å². The summed E-state index contributed by atoms with van der Waals surface area (Å²) in [6.45, 7) is 2.78. The molecule has 5 rings (SSSR count). The number of benzene rings is 3. The van der Waals surface area contributed by atoms with Gasteiger partial charge in [-0.3, -0.25) is 4.79 Å². The molecule has 2 heterocycles. The maximum atomic E-state index is 13.9. The van der Waals surface area contributed by atoms with Crippen LogP contribution in [0.5, 0.6) is 11.5 Å². The van der Waals surface area contributed by atoms with Crippen LogP contribution >= 0.6 is 0 Å². The summed E-state index contributed by atoms with van der Waals surface area (Å²) in [4.78, 5) is 19.9. The predicted octanol–water partition coefficient (Wildman–Crippen LogP) is 6.68. The molecule has 0 N–H and O–H groups in total. The number of halogens is 3. The second-order valence-electron chi connectivity index (χ2n) is 8.66. The van der Waals surface area contributed by atoms with Crippen molar-refractivity contribution in [1.29, 1.82) is 0 Å². The van der Waals surface area contributed by atoms with Crippen molar-refractivity contribution in [3.63, 3.8) is 0 Å². The third kappa shape index (κ3) is 5.34. The van der Waals surface area contributed by atoms with Crippen molar-refractivity contribution in [1.82, 2.24) is 15.0 Å². The molecule has 4 aromatic rings. The summed E-state index contributed by atoms with van der Waals surface area (Å²) >= 11 is 0. The van der Waals surface area contributed by atoms with Gasteiger partial charge in [-0.05, 0) is 61.2 Å². The second-order valence-corrected chi connectivity index (χ2v) is 8.66. The van der Waals surface area contributed by atoms with E-state index in [1.165, 1.54) is 18.2 Å². The van der Waals surface area contributed by atoms with Crippen LogP contribution in [0.4, 0.5) is 13.2 Å². The van der Waals surface area contributed by atoms with Crippen molar-refractivity contribution in [2.75, 3.05) is 13.2 Å². The largest absolute Gasteiger partial charge is 0.573 e. The highest BCUT2D eigenvalue weighted by Crippen LogP contribution is 2.38. The first-order chi connectivity index (χ1) is 18.3. The Morgan fingerprint density at radius 2 is 1.82 bits per heavy atom. The normalized spacial score (nSPS) is 15.5. The Balaban J connectivity index is 1.47. The minimum Gasteiger partial charge on any atom is -0.494 e. The lowest BCUT2D eigenvalue weighted by Crippen LogP contribution is -2.31. The summed E-state index contributed by atoms with van der Waals surface area (Å²) in [5.74, 6) is 0.00499. The molecule has 38 heavy (non-hydrogen) atoms. The van der Waals surface area contributed by atoms with E-state index in [4.69, 9.17) is 9.26 Å². The summed E-state index contributed by atoms with van der Waals surface area (Å²) in [6.07, 6.45) is -3.60. The zero-order chi connectivity index (χ0) is 26.7. The van der Waals surface area contributed by atoms with Gasteiger partial charge in [-0.1, -0.05) is 47.6 Å². The third-order valence-electron chi connectivity index (χ3n) is 6.21. The summed E-state index contributed by atoms with van der Waals surface area (Å²) in [5.41, 5.74) is 2.15. The molecular weight excluding hydrogens is 499 g/mol. The topological polar surface area (TPSA) is 77.7 Å². The van der Waals surface area contributed by atoms with Crippen LogP contribution in [0.3, 0.4) is 0 Å². The van der Waals surface area contributed by atoms with Gasteiger partial charge in [-0.15, -0.1) is 13.2 Å². The number of amides is 1. The van der Waals surface area contributed by atoms with Gasteiger partial charge in [0.05, 0.1) is 17.7 Å². The van der Waals surface area contributed by atoms with E-state index in [-0.39, 0.29) is 23.2 Å². The van der Waals surface area contributed by atoms with Crippen LogP contribution in [-0.2, 0) is 0 Å². The van der Waals surface area contributed by atoms with Crippen LogP contribution in [0.1, 0.15) is 42.1 Å². The first kappa shape index (κ1) is 25.3. The van der Waals surface area contributed by atoms with Crippen molar-refractivity contribution in [3.05, 3.63) is 84.3 Å². The minimum atomic E-state index is -4.87. The first-order valence-corrected chi connectivity index (χ1v) is 12.2. The predicted molar refractivity (Wildman–Crippen MR) is 132 cm³/mol. The first-order valence-electron chi connectivity index (χ1n) is 12.2. The fourth-order valence-electron chi connectivity index (χ4n) is 4.59. The Morgan fingerprint density at radius 3 is 2.58 bits per heavy atom. The number of hydrogen-bond donors (Lipinski definition) is 0. The van der Waals surface area contributed by atoms with Gasteiger partial charge in [0.2, 0.25) is 11.7 Å². The van der Waals surface area contributed by atoms with E-state index in [0.29, 0.717) is 37.3 Å². The number of ether oxygens (including phenoxy) is 2. The van der Waals surface area contributed by atoms with Crippen LogP contribution in [0.2, 0.25) is 0 Å². The number of alkyl halides is 3. The maximum Gasteiger partial charge on any atom is 0.573 e. The number of para-hydroxylation sites is 1. The van der Waals surface area contributed by atoms with Crippen LogP contribution in [0, 0.1) is 0 Å². The molecule has 1 unspecified atom stereocenters. The molecule has 10 heteroatoms. The maximum absolute atomic E-state index is 13.9. The van der Waals surface area contributed by atoms with Crippen molar-refractivity contribution < 1.29 is 32.0 Å². The summed E-state index contributed by atoms with van der Waals surface area (Å²) in [6, 6.07) is 20.0. The van der Waals surface area contributed by atoms with Gasteiger partial charge in [0, 0.05) is 6.54 Å². The quantitative estimate of drug-likeness (QED) is 0.269. The van der Waals surface area contributed by atoms with E-state index in [1.807, 2.05) is 49.4 Å². The average molecular weight is 524 g/mol. The van der Waals surface area contributed by atoms with Gasteiger partial charge in [0.15, 0.2) is 0 Å². The van der Waals surface area contributed by atoms with Crippen LogP contribution in [0.25, 0.3) is 22.5 Å². The number of likely N-dealkylation sites (tertiary alicyclic amines) is 1. The number of rotatable bonds is 7. The molecule has 3 aromatic carbocycles. The number of hydrogen-bond acceptors (Lipinski definition) is 6. The molecule has 0 saturated carbocycles. The Bertz CT molecular complexity index is 1420. The van der Waals surface area contributed by atoms with Gasteiger partial charge in [-0.2, -0.15) is 4.98 Å². The fraction of sp³-hybridized carbons (Fsp3) is 0.250. The van der Waals surface area contributed by atoms with E-state index in [0.717, 1.165) is 11.1 Å². The van der Waals surface area contributed by atoms with Gasteiger partial charge < -0.3 is 18.9 Å². The Labute approximate surface area is 216 Å². The lowest BCUT2D eigenvalue weighted by atomic mass is 9.98. The fourth-order valence-corrected chi connectivity index (χ4v) is 4.59. The van der Waals surface area contributed by atoms with E-state index < -0.39 is 18.2 Å². The highest BCUT2D eigenvalue weighted by Gasteiger charge is 2.37. The lowest BCUT2D eigenvalue weighted by molar-refractivity contribution is -0.274. The molecule has 1 amide bonds. The van der Waals surface area contributed by atoms with Gasteiger partial charge >= 0.3 is 6.36 Å². The smallest absolute Gasteiger partial charge is 0.494 e. The zero-order valence-electron chi connectivity index (χ0n) is 20.4. The highest BCUT2D eigenvalue weighted by molar-refractivity contribution is 6.01. The molecule has 1 aliphatic heterocycles. The molecule has 1 aromatic heterocycles. The number of nitrogens with zero attached hydrogens (tertiary/aromatic N) is 3. The van der Waals surface area contributed by atoms with Crippen molar-refractivity contribution in [2.45, 2.75) is 32.2 Å². The second kappa shape index (κ2) is 10.6. The molecule has 1 aliphatic rings. The van der Waals surface area contributed by atoms with Crippen molar-refractivity contribution in [3.8, 4) is 34.0 Å². The van der Waals surface area contributed by atoms with E-state index in [9.17, 15) is 18.0 Å². The molecule has 0 spiro atoms. The summed E-state index contributed by atoms with van der Waals surface area (Å²) in [5, 5.41) is 3.90. The van der Waals surface area contributed by atoms with Gasteiger partial charge in [0.25, 0.3) is 5.91 Å². The molecule has 196 valence electrons. The minimum absolute atomic E-state index is 0.0338. The van der Waals surface area contributed by atoms with E-state index in [1.54, 1.807) is 17.0 Å². The molecule has 1 saturated heterocycles. The monoisotopic (exact) mass is 523 g/mol. The summed E-state index contributed by atoms with van der Waals surface area (Å²) < 4.78 is 53.9. The standard InChI is InChI=1S/C28H24F3N3O4/c1-2-36-19-14-15-20(18-9-4-3-5-10-18)22(17-19)27(35)34-16-8-12-23(34)26-32-25(33-38-26)21-11-6-7-13-24(21)37-28(29,30)31/h3-7,9-11,13-15,17,23H,2,8,12,16H2,1H3. The zero-order valence-corrected chi connectivity index (χ0v) is 20.4. The molecule has 1 fully saturated rings. The number of carbonyl (C=O) groups excluding carboxylic acids is 1. The summed E-state index contributed by atoms with van der Waals surface area (Å²) in [7, 11) is 0. The molecule has 7 nitrogen and oxygen atoms in total. The molecule has 0 aliphatic carbocycles. The molecule has 1 atom stereocenters. The molecule has 0 radical (unpaired) electrons. The van der Waals surface area contributed by atoms with Crippen LogP contribution in [-0.4, -0.2) is 40.5 Å². The van der Waals surface area contributed by atoms with Crippen molar-refractivity contribution in [2.24, 2.45) is 0 Å². The van der Waals surface area contributed by atoms with Crippen LogP contribution in [0.15, 0.2) is 77.3 Å².